The van der Waals surface area contributed by atoms with Crippen molar-refractivity contribution in [2.75, 3.05) is 19.7 Å². The Morgan fingerprint density at radius 2 is 2.17 bits per heavy atom. The van der Waals surface area contributed by atoms with Crippen LogP contribution in [0.2, 0.25) is 0 Å². The summed E-state index contributed by atoms with van der Waals surface area (Å²) >= 11 is 0. The highest BCUT2D eigenvalue weighted by Gasteiger charge is 2.29. The van der Waals surface area contributed by atoms with Crippen LogP contribution < -0.4 is 11.1 Å². The van der Waals surface area contributed by atoms with Gasteiger partial charge in [0.1, 0.15) is 6.10 Å². The zero-order valence-electron chi connectivity index (χ0n) is 10.5. The summed E-state index contributed by atoms with van der Waals surface area (Å²) in [4.78, 5) is 22.6. The van der Waals surface area contributed by atoms with Gasteiger partial charge in [0.25, 0.3) is 0 Å². The lowest BCUT2D eigenvalue weighted by Gasteiger charge is -2.12. The standard InChI is InChI=1S/C11H20N2O4.ClH/c1-2-16-10(14)5-6-13-11(15)9-4-3-8(7-12)17-9;/h8-9H,2-7,12H2,1H3,(H,13,15);1H/t8-,9+;/m1./s1. The molecule has 1 fully saturated rings. The Bertz CT molecular complexity index is 276. The van der Waals surface area contributed by atoms with Gasteiger partial charge >= 0.3 is 5.97 Å². The molecule has 1 aliphatic heterocycles. The summed E-state index contributed by atoms with van der Waals surface area (Å²) < 4.78 is 10.2. The van der Waals surface area contributed by atoms with Gasteiger partial charge in [-0.05, 0) is 19.8 Å². The van der Waals surface area contributed by atoms with E-state index in [4.69, 9.17) is 15.2 Å². The van der Waals surface area contributed by atoms with Gasteiger partial charge in [0.15, 0.2) is 0 Å². The molecule has 1 aliphatic rings. The first-order valence-corrected chi connectivity index (χ1v) is 5.96. The second kappa shape index (κ2) is 9.13. The number of hydrogen-bond donors (Lipinski definition) is 2. The summed E-state index contributed by atoms with van der Waals surface area (Å²) in [5.41, 5.74) is 5.45. The van der Waals surface area contributed by atoms with Gasteiger partial charge in [-0.3, -0.25) is 9.59 Å². The van der Waals surface area contributed by atoms with E-state index in [0.29, 0.717) is 19.6 Å². The highest BCUT2D eigenvalue weighted by molar-refractivity contribution is 5.85. The monoisotopic (exact) mass is 280 g/mol. The molecule has 0 spiro atoms. The van der Waals surface area contributed by atoms with E-state index in [9.17, 15) is 9.59 Å². The lowest BCUT2D eigenvalue weighted by Crippen LogP contribution is -2.36. The van der Waals surface area contributed by atoms with Crippen LogP contribution in [0.5, 0.6) is 0 Å². The van der Waals surface area contributed by atoms with Crippen LogP contribution in [-0.4, -0.2) is 43.8 Å². The van der Waals surface area contributed by atoms with Gasteiger partial charge in [-0.1, -0.05) is 0 Å². The molecular formula is C11H21ClN2O4. The molecule has 7 heteroatoms. The summed E-state index contributed by atoms with van der Waals surface area (Å²) in [6, 6.07) is 0. The predicted octanol–water partition coefficient (Wildman–Crippen LogP) is -0.0161. The maximum absolute atomic E-state index is 11.6. The quantitative estimate of drug-likeness (QED) is 0.668. The van der Waals surface area contributed by atoms with E-state index in [-0.39, 0.29) is 43.4 Å². The maximum atomic E-state index is 11.6. The topological polar surface area (TPSA) is 90.7 Å². The third-order valence-electron chi connectivity index (χ3n) is 2.60. The minimum atomic E-state index is -0.425. The van der Waals surface area contributed by atoms with Gasteiger partial charge in [0.05, 0.1) is 19.1 Å². The van der Waals surface area contributed by atoms with Gasteiger partial charge in [-0.2, -0.15) is 0 Å². The zero-order valence-corrected chi connectivity index (χ0v) is 11.3. The van der Waals surface area contributed by atoms with Crippen LogP contribution in [0.25, 0.3) is 0 Å². The number of rotatable bonds is 6. The fourth-order valence-corrected chi connectivity index (χ4v) is 1.71. The zero-order chi connectivity index (χ0) is 12.7. The van der Waals surface area contributed by atoms with Crippen LogP contribution in [0.3, 0.4) is 0 Å². The second-order valence-electron chi connectivity index (χ2n) is 3.91. The van der Waals surface area contributed by atoms with E-state index in [1.165, 1.54) is 0 Å². The van der Waals surface area contributed by atoms with E-state index in [2.05, 4.69) is 5.32 Å². The molecule has 0 aromatic heterocycles. The maximum Gasteiger partial charge on any atom is 0.307 e. The Morgan fingerprint density at radius 1 is 1.44 bits per heavy atom. The van der Waals surface area contributed by atoms with Crippen LogP contribution in [0.15, 0.2) is 0 Å². The highest BCUT2D eigenvalue weighted by Crippen LogP contribution is 2.18. The Labute approximate surface area is 113 Å². The second-order valence-corrected chi connectivity index (χ2v) is 3.91. The van der Waals surface area contributed by atoms with Crippen LogP contribution in [0.4, 0.5) is 0 Å². The molecule has 1 amide bonds. The molecule has 0 aromatic carbocycles. The third kappa shape index (κ3) is 5.66. The summed E-state index contributed by atoms with van der Waals surface area (Å²) in [5.74, 6) is -0.481. The number of carbonyl (C=O) groups is 2. The summed E-state index contributed by atoms with van der Waals surface area (Å²) in [6.45, 7) is 2.82. The van der Waals surface area contributed by atoms with E-state index in [1.807, 2.05) is 0 Å². The summed E-state index contributed by atoms with van der Waals surface area (Å²) in [5, 5.41) is 2.65. The molecule has 1 saturated heterocycles. The first kappa shape index (κ1) is 17.2. The molecule has 1 rings (SSSR count). The fourth-order valence-electron chi connectivity index (χ4n) is 1.71. The van der Waals surface area contributed by atoms with E-state index in [0.717, 1.165) is 6.42 Å². The lowest BCUT2D eigenvalue weighted by molar-refractivity contribution is -0.143. The number of esters is 1. The van der Waals surface area contributed by atoms with Gasteiger partial charge in [-0.15, -0.1) is 12.4 Å². The van der Waals surface area contributed by atoms with Crippen LogP contribution in [0, 0.1) is 0 Å². The van der Waals surface area contributed by atoms with Gasteiger partial charge in [0.2, 0.25) is 5.91 Å². The third-order valence-corrected chi connectivity index (χ3v) is 2.60. The number of nitrogens with one attached hydrogen (secondary N) is 1. The average Bonchev–Trinajstić information content (AvgIpc) is 2.77. The molecule has 0 aliphatic carbocycles. The average molecular weight is 281 g/mol. The van der Waals surface area contributed by atoms with Crippen LogP contribution in [0.1, 0.15) is 26.2 Å². The van der Waals surface area contributed by atoms with E-state index in [1.54, 1.807) is 6.92 Å². The molecule has 6 nitrogen and oxygen atoms in total. The van der Waals surface area contributed by atoms with Crippen molar-refractivity contribution < 1.29 is 19.1 Å². The molecule has 2 atom stereocenters. The van der Waals surface area contributed by atoms with Crippen LogP contribution in [-0.2, 0) is 19.1 Å². The number of ether oxygens (including phenoxy) is 2. The smallest absolute Gasteiger partial charge is 0.307 e. The SMILES string of the molecule is CCOC(=O)CCNC(=O)[C@@H]1CC[C@H](CN)O1.Cl. The molecule has 106 valence electrons. The lowest BCUT2D eigenvalue weighted by atomic mass is 10.2. The Hall–Kier alpha value is -0.850. The molecule has 0 bridgehead atoms. The Balaban J connectivity index is 0.00000289. The summed E-state index contributed by atoms with van der Waals surface area (Å²) in [6.07, 6.45) is 1.24. The van der Waals surface area contributed by atoms with Crippen molar-refractivity contribution in [3.05, 3.63) is 0 Å². The first-order valence-electron chi connectivity index (χ1n) is 5.96. The fraction of sp³-hybridized carbons (Fsp3) is 0.818. The van der Waals surface area contributed by atoms with E-state index < -0.39 is 6.10 Å². The molecule has 3 N–H and O–H groups in total. The minimum absolute atomic E-state index is 0. The largest absolute Gasteiger partial charge is 0.466 e. The van der Waals surface area contributed by atoms with Crippen molar-refractivity contribution in [1.29, 1.82) is 0 Å². The number of carbonyl (C=O) groups excluding carboxylic acids is 2. The van der Waals surface area contributed by atoms with Gasteiger partial charge < -0.3 is 20.5 Å². The molecular weight excluding hydrogens is 260 g/mol. The number of nitrogens with two attached hydrogens (primary N) is 1. The first-order chi connectivity index (χ1) is 8.17. The van der Waals surface area contributed by atoms with Crippen molar-refractivity contribution in [2.45, 2.75) is 38.4 Å². The van der Waals surface area contributed by atoms with Crippen molar-refractivity contribution in [2.24, 2.45) is 5.73 Å². The normalized spacial score (nSPS) is 22.1. The molecule has 1 heterocycles. The molecule has 18 heavy (non-hydrogen) atoms. The van der Waals surface area contributed by atoms with Gasteiger partial charge in [0, 0.05) is 13.1 Å². The molecule has 0 unspecified atom stereocenters. The van der Waals surface area contributed by atoms with Gasteiger partial charge in [-0.25, -0.2) is 0 Å². The number of amides is 1. The van der Waals surface area contributed by atoms with E-state index >= 15 is 0 Å². The van der Waals surface area contributed by atoms with Crippen molar-refractivity contribution >= 4 is 24.3 Å². The Morgan fingerprint density at radius 3 is 2.72 bits per heavy atom. The number of halogens is 1. The molecule has 0 aromatic rings. The molecule has 0 radical (unpaired) electrons. The van der Waals surface area contributed by atoms with Crippen LogP contribution >= 0.6 is 12.4 Å². The predicted molar refractivity (Wildman–Crippen MR) is 68.5 cm³/mol. The molecule has 0 saturated carbocycles. The Kier molecular flexibility index (Phi) is 8.70. The van der Waals surface area contributed by atoms with Crippen molar-refractivity contribution in [3.8, 4) is 0 Å². The van der Waals surface area contributed by atoms with Crippen molar-refractivity contribution in [1.82, 2.24) is 5.32 Å². The summed E-state index contributed by atoms with van der Waals surface area (Å²) in [7, 11) is 0. The van der Waals surface area contributed by atoms with Crippen molar-refractivity contribution in [3.63, 3.8) is 0 Å². The highest BCUT2D eigenvalue weighted by atomic mass is 35.5. The minimum Gasteiger partial charge on any atom is -0.466 e. The number of hydrogen-bond acceptors (Lipinski definition) is 5.